The van der Waals surface area contributed by atoms with E-state index in [4.69, 9.17) is 0 Å². The van der Waals surface area contributed by atoms with E-state index >= 15 is 0 Å². The van der Waals surface area contributed by atoms with Crippen LogP contribution in [0.4, 0.5) is 0 Å². The van der Waals surface area contributed by atoms with Gasteiger partial charge in [-0.1, -0.05) is 6.92 Å². The van der Waals surface area contributed by atoms with Crippen LogP contribution in [0.1, 0.15) is 41.0 Å². The largest absolute Gasteiger partial charge is 0.304 e. The number of hydrogen-bond acceptors (Lipinski definition) is 4. The molecule has 2 aromatic rings. The van der Waals surface area contributed by atoms with Crippen molar-refractivity contribution >= 4 is 11.3 Å². The van der Waals surface area contributed by atoms with Crippen LogP contribution in [0.2, 0.25) is 0 Å². The predicted molar refractivity (Wildman–Crippen MR) is 75.0 cm³/mol. The molecule has 0 amide bonds. The van der Waals surface area contributed by atoms with Gasteiger partial charge in [-0.2, -0.15) is 5.10 Å². The van der Waals surface area contributed by atoms with Gasteiger partial charge < -0.3 is 5.32 Å². The summed E-state index contributed by atoms with van der Waals surface area (Å²) in [4.78, 5) is 5.95. The summed E-state index contributed by atoms with van der Waals surface area (Å²) in [6.45, 7) is 10.2. The van der Waals surface area contributed by atoms with Gasteiger partial charge in [-0.15, -0.1) is 11.3 Å². The van der Waals surface area contributed by atoms with Crippen molar-refractivity contribution in [2.45, 2.75) is 40.3 Å². The Balaban J connectivity index is 2.32. The van der Waals surface area contributed by atoms with Crippen LogP contribution >= 0.6 is 11.3 Å². The second kappa shape index (κ2) is 5.63. The van der Waals surface area contributed by atoms with Gasteiger partial charge in [-0.25, -0.2) is 4.98 Å². The molecule has 1 unspecified atom stereocenters. The first-order chi connectivity index (χ1) is 8.65. The molecule has 0 bridgehead atoms. The molecule has 5 heteroatoms. The van der Waals surface area contributed by atoms with E-state index in [0.29, 0.717) is 0 Å². The summed E-state index contributed by atoms with van der Waals surface area (Å²) < 4.78 is 1.95. The van der Waals surface area contributed by atoms with Gasteiger partial charge in [0.25, 0.3) is 0 Å². The molecule has 1 N–H and O–H groups in total. The molecule has 1 atom stereocenters. The van der Waals surface area contributed by atoms with Crippen molar-refractivity contribution in [1.82, 2.24) is 20.1 Å². The number of rotatable bonds is 5. The fourth-order valence-electron chi connectivity index (χ4n) is 1.87. The molecule has 0 saturated carbocycles. The Kier molecular flexibility index (Phi) is 4.14. The van der Waals surface area contributed by atoms with E-state index in [0.717, 1.165) is 23.8 Å². The van der Waals surface area contributed by atoms with E-state index < -0.39 is 0 Å². The number of nitrogens with one attached hydrogen (secondary N) is 1. The normalized spacial score (nSPS) is 12.9. The van der Waals surface area contributed by atoms with Gasteiger partial charge >= 0.3 is 0 Å². The molecule has 2 heterocycles. The standard InChI is InChI=1S/C13H20N4S/c1-5-14-12(11-7-15-17(6-2)8-11)13-16-9(3)10(4)18-13/h7-8,12,14H,5-6H2,1-4H3. The lowest BCUT2D eigenvalue weighted by atomic mass is 10.1. The van der Waals surface area contributed by atoms with Crippen molar-refractivity contribution in [3.05, 3.63) is 33.5 Å². The Morgan fingerprint density at radius 2 is 2.17 bits per heavy atom. The minimum Gasteiger partial charge on any atom is -0.304 e. The highest BCUT2D eigenvalue weighted by Crippen LogP contribution is 2.27. The molecule has 0 aliphatic rings. The van der Waals surface area contributed by atoms with Crippen LogP contribution in [-0.4, -0.2) is 21.3 Å². The fraction of sp³-hybridized carbons (Fsp3) is 0.538. The molecule has 0 aliphatic heterocycles. The number of aryl methyl sites for hydroxylation is 3. The number of thiazole rings is 1. The van der Waals surface area contributed by atoms with Crippen LogP contribution in [0, 0.1) is 13.8 Å². The maximum Gasteiger partial charge on any atom is 0.115 e. The lowest BCUT2D eigenvalue weighted by Crippen LogP contribution is -2.21. The average Bonchev–Trinajstić information content (AvgIpc) is 2.94. The molecule has 98 valence electrons. The van der Waals surface area contributed by atoms with Gasteiger partial charge in [0, 0.05) is 23.2 Å². The summed E-state index contributed by atoms with van der Waals surface area (Å²) in [7, 11) is 0. The highest BCUT2D eigenvalue weighted by Gasteiger charge is 2.19. The molecular formula is C13H20N4S. The predicted octanol–water partition coefficient (Wildman–Crippen LogP) is 2.68. The first-order valence-electron chi connectivity index (χ1n) is 6.35. The molecule has 18 heavy (non-hydrogen) atoms. The van der Waals surface area contributed by atoms with Crippen molar-refractivity contribution in [3.63, 3.8) is 0 Å². The van der Waals surface area contributed by atoms with E-state index in [-0.39, 0.29) is 6.04 Å². The van der Waals surface area contributed by atoms with Crippen molar-refractivity contribution in [2.24, 2.45) is 0 Å². The Bertz CT molecular complexity index is 495. The fourth-order valence-corrected chi connectivity index (χ4v) is 2.90. The zero-order valence-electron chi connectivity index (χ0n) is 11.4. The Morgan fingerprint density at radius 1 is 1.39 bits per heavy atom. The highest BCUT2D eigenvalue weighted by molar-refractivity contribution is 7.11. The summed E-state index contributed by atoms with van der Waals surface area (Å²) >= 11 is 1.76. The molecule has 0 aromatic carbocycles. The van der Waals surface area contributed by atoms with Gasteiger partial charge in [0.2, 0.25) is 0 Å². The number of aromatic nitrogens is 3. The molecule has 2 aromatic heterocycles. The van der Waals surface area contributed by atoms with E-state index in [2.05, 4.69) is 49.3 Å². The van der Waals surface area contributed by atoms with Gasteiger partial charge in [-0.05, 0) is 27.3 Å². The summed E-state index contributed by atoms with van der Waals surface area (Å²) in [6.07, 6.45) is 4.03. The van der Waals surface area contributed by atoms with E-state index in [1.54, 1.807) is 11.3 Å². The SMILES string of the molecule is CCNC(c1cnn(CC)c1)c1nc(C)c(C)s1. The summed E-state index contributed by atoms with van der Waals surface area (Å²) in [5.74, 6) is 0. The zero-order chi connectivity index (χ0) is 13.1. The van der Waals surface area contributed by atoms with Gasteiger partial charge in [0.05, 0.1) is 17.9 Å². The molecule has 4 nitrogen and oxygen atoms in total. The zero-order valence-corrected chi connectivity index (χ0v) is 12.2. The van der Waals surface area contributed by atoms with Crippen LogP contribution in [0.3, 0.4) is 0 Å². The van der Waals surface area contributed by atoms with Gasteiger partial charge in [0.1, 0.15) is 5.01 Å². The monoisotopic (exact) mass is 264 g/mol. The summed E-state index contributed by atoms with van der Waals surface area (Å²) in [5, 5.41) is 8.96. The molecule has 0 spiro atoms. The van der Waals surface area contributed by atoms with E-state index in [9.17, 15) is 0 Å². The van der Waals surface area contributed by atoms with Gasteiger partial charge in [-0.3, -0.25) is 4.68 Å². The average molecular weight is 264 g/mol. The maximum absolute atomic E-state index is 4.66. The third kappa shape index (κ3) is 2.62. The minimum absolute atomic E-state index is 0.160. The Morgan fingerprint density at radius 3 is 2.67 bits per heavy atom. The lowest BCUT2D eigenvalue weighted by molar-refractivity contribution is 0.621. The molecule has 0 aliphatic carbocycles. The quantitative estimate of drug-likeness (QED) is 0.903. The maximum atomic E-state index is 4.66. The molecule has 0 fully saturated rings. The van der Waals surface area contributed by atoms with Crippen LogP contribution < -0.4 is 5.32 Å². The third-order valence-electron chi connectivity index (χ3n) is 3.01. The minimum atomic E-state index is 0.160. The summed E-state index contributed by atoms with van der Waals surface area (Å²) in [6, 6.07) is 0.160. The number of nitrogens with zero attached hydrogens (tertiary/aromatic N) is 3. The van der Waals surface area contributed by atoms with Crippen molar-refractivity contribution in [3.8, 4) is 0 Å². The molecular weight excluding hydrogens is 244 g/mol. The molecule has 0 radical (unpaired) electrons. The van der Waals surface area contributed by atoms with Gasteiger partial charge in [0.15, 0.2) is 0 Å². The van der Waals surface area contributed by atoms with Crippen molar-refractivity contribution in [1.29, 1.82) is 0 Å². The second-order valence-electron chi connectivity index (χ2n) is 4.31. The second-order valence-corrected chi connectivity index (χ2v) is 5.55. The first-order valence-corrected chi connectivity index (χ1v) is 7.17. The van der Waals surface area contributed by atoms with Crippen LogP contribution in [0.25, 0.3) is 0 Å². The smallest absolute Gasteiger partial charge is 0.115 e. The van der Waals surface area contributed by atoms with Crippen molar-refractivity contribution < 1.29 is 0 Å². The van der Waals surface area contributed by atoms with Crippen molar-refractivity contribution in [2.75, 3.05) is 6.54 Å². The van der Waals surface area contributed by atoms with Crippen LogP contribution in [0.15, 0.2) is 12.4 Å². The first kappa shape index (κ1) is 13.2. The number of hydrogen-bond donors (Lipinski definition) is 1. The van der Waals surface area contributed by atoms with Crippen LogP contribution in [-0.2, 0) is 6.54 Å². The van der Waals surface area contributed by atoms with Crippen LogP contribution in [0.5, 0.6) is 0 Å². The Labute approximate surface area is 112 Å². The lowest BCUT2D eigenvalue weighted by Gasteiger charge is -2.13. The van der Waals surface area contributed by atoms with E-state index in [1.807, 2.05) is 10.9 Å². The molecule has 0 saturated heterocycles. The summed E-state index contributed by atoms with van der Waals surface area (Å²) in [5.41, 5.74) is 2.31. The molecule has 2 rings (SSSR count). The third-order valence-corrected chi connectivity index (χ3v) is 4.15. The van der Waals surface area contributed by atoms with E-state index in [1.165, 1.54) is 10.4 Å². The highest BCUT2D eigenvalue weighted by atomic mass is 32.1. The Hall–Kier alpha value is -1.20. The topological polar surface area (TPSA) is 42.7 Å².